The summed E-state index contributed by atoms with van der Waals surface area (Å²) in [5.74, 6) is 0. The molecular weight excluding hydrogens is 236 g/mol. The molecule has 0 unspecified atom stereocenters. The second-order valence-corrected chi connectivity index (χ2v) is 6.36. The van der Waals surface area contributed by atoms with Crippen molar-refractivity contribution in [2.75, 3.05) is 0 Å². The van der Waals surface area contributed by atoms with Crippen LogP contribution in [-0.2, 0) is 0 Å². The van der Waals surface area contributed by atoms with Gasteiger partial charge in [-0.25, -0.2) is 0 Å². The first-order chi connectivity index (χ1) is 7.56. The average Bonchev–Trinajstić information content (AvgIpc) is 2.66. The molecule has 2 rings (SSSR count). The summed E-state index contributed by atoms with van der Waals surface area (Å²) in [5.41, 5.74) is 2.41. The molecule has 0 spiro atoms. The summed E-state index contributed by atoms with van der Waals surface area (Å²) in [7, 11) is 0. The molecule has 16 heavy (non-hydrogen) atoms. The zero-order chi connectivity index (χ0) is 11.7. The van der Waals surface area contributed by atoms with Gasteiger partial charge >= 0.3 is 0 Å². The molecule has 0 fully saturated rings. The summed E-state index contributed by atoms with van der Waals surface area (Å²) in [4.78, 5) is 2.57. The first-order valence-electron chi connectivity index (χ1n) is 5.12. The van der Waals surface area contributed by atoms with Crippen LogP contribution in [0.2, 0.25) is 0 Å². The molecule has 84 valence electrons. The SMILES string of the molecule is Cc1cc(C)c(/N=N/c2sc(C)cc2C)s1. The molecular formula is C12H14N2S2. The van der Waals surface area contributed by atoms with Gasteiger partial charge in [0.2, 0.25) is 0 Å². The standard InChI is InChI=1S/C12H14N2S2/c1-7-5-9(3)15-11(7)13-14-12-8(2)6-10(4)16-12/h5-6H,1-4H3/b14-13+. The second-order valence-electron chi connectivity index (χ2n) is 3.89. The molecule has 0 radical (unpaired) electrons. The van der Waals surface area contributed by atoms with Crippen molar-refractivity contribution in [3.8, 4) is 0 Å². The van der Waals surface area contributed by atoms with E-state index in [1.807, 2.05) is 0 Å². The monoisotopic (exact) mass is 250 g/mol. The molecule has 0 aromatic carbocycles. The third-order valence-corrected chi connectivity index (χ3v) is 4.33. The number of nitrogens with zero attached hydrogens (tertiary/aromatic N) is 2. The van der Waals surface area contributed by atoms with E-state index in [0.29, 0.717) is 0 Å². The van der Waals surface area contributed by atoms with E-state index in [1.54, 1.807) is 22.7 Å². The topological polar surface area (TPSA) is 24.7 Å². The Morgan fingerprint density at radius 2 is 1.12 bits per heavy atom. The van der Waals surface area contributed by atoms with E-state index >= 15 is 0 Å². The summed E-state index contributed by atoms with van der Waals surface area (Å²) >= 11 is 3.38. The van der Waals surface area contributed by atoms with Crippen molar-refractivity contribution in [1.82, 2.24) is 0 Å². The minimum atomic E-state index is 1.02. The molecule has 0 amide bonds. The Bertz CT molecular complexity index is 487. The number of azo groups is 1. The summed E-state index contributed by atoms with van der Waals surface area (Å²) in [6.07, 6.45) is 0. The van der Waals surface area contributed by atoms with Crippen molar-refractivity contribution in [3.05, 3.63) is 33.0 Å². The molecule has 0 saturated carbocycles. The minimum Gasteiger partial charge on any atom is -0.138 e. The van der Waals surface area contributed by atoms with Gasteiger partial charge in [0.25, 0.3) is 0 Å². The van der Waals surface area contributed by atoms with Crippen molar-refractivity contribution < 1.29 is 0 Å². The number of rotatable bonds is 2. The van der Waals surface area contributed by atoms with E-state index in [9.17, 15) is 0 Å². The predicted molar refractivity (Wildman–Crippen MR) is 71.8 cm³/mol. The fraction of sp³-hybridized carbons (Fsp3) is 0.333. The summed E-state index contributed by atoms with van der Waals surface area (Å²) < 4.78 is 0. The van der Waals surface area contributed by atoms with Crippen molar-refractivity contribution in [2.24, 2.45) is 10.2 Å². The Labute approximate surface area is 104 Å². The molecule has 2 nitrogen and oxygen atoms in total. The van der Waals surface area contributed by atoms with Crippen LogP contribution >= 0.6 is 22.7 Å². The van der Waals surface area contributed by atoms with Crippen LogP contribution in [0.25, 0.3) is 0 Å². The molecule has 0 bridgehead atoms. The molecule has 2 heterocycles. The fourth-order valence-corrected chi connectivity index (χ4v) is 3.23. The van der Waals surface area contributed by atoms with Gasteiger partial charge in [0.15, 0.2) is 0 Å². The largest absolute Gasteiger partial charge is 0.142 e. The van der Waals surface area contributed by atoms with Crippen molar-refractivity contribution in [2.45, 2.75) is 27.7 Å². The zero-order valence-electron chi connectivity index (χ0n) is 9.87. The average molecular weight is 250 g/mol. The Kier molecular flexibility index (Phi) is 3.21. The highest BCUT2D eigenvalue weighted by Crippen LogP contribution is 2.34. The lowest BCUT2D eigenvalue weighted by Gasteiger charge is -1.89. The van der Waals surface area contributed by atoms with Gasteiger partial charge in [-0.3, -0.25) is 0 Å². The Balaban J connectivity index is 2.27. The minimum absolute atomic E-state index is 1.02. The first kappa shape index (κ1) is 11.5. The van der Waals surface area contributed by atoms with Crippen LogP contribution in [0.15, 0.2) is 22.4 Å². The molecule has 2 aromatic rings. The van der Waals surface area contributed by atoms with Crippen LogP contribution in [0.4, 0.5) is 10.0 Å². The highest BCUT2D eigenvalue weighted by atomic mass is 32.1. The predicted octanol–water partition coefficient (Wildman–Crippen LogP) is 5.46. The van der Waals surface area contributed by atoms with Crippen LogP contribution in [0, 0.1) is 27.7 Å². The maximum atomic E-state index is 4.32. The maximum absolute atomic E-state index is 4.32. The number of thiophene rings is 2. The Morgan fingerprint density at radius 1 is 0.750 bits per heavy atom. The van der Waals surface area contributed by atoms with E-state index < -0.39 is 0 Å². The van der Waals surface area contributed by atoms with Gasteiger partial charge in [0.1, 0.15) is 10.0 Å². The first-order valence-corrected chi connectivity index (χ1v) is 6.75. The molecule has 0 aliphatic heterocycles. The molecule has 0 aliphatic rings. The second kappa shape index (κ2) is 4.47. The summed E-state index contributed by atoms with van der Waals surface area (Å²) in [5, 5.41) is 10.7. The molecule has 2 aromatic heterocycles. The normalized spacial score (nSPS) is 11.5. The maximum Gasteiger partial charge on any atom is 0.142 e. The van der Waals surface area contributed by atoms with Gasteiger partial charge < -0.3 is 0 Å². The molecule has 0 N–H and O–H groups in total. The van der Waals surface area contributed by atoms with Crippen LogP contribution in [-0.4, -0.2) is 0 Å². The van der Waals surface area contributed by atoms with Crippen molar-refractivity contribution >= 4 is 32.7 Å². The zero-order valence-corrected chi connectivity index (χ0v) is 11.5. The van der Waals surface area contributed by atoms with E-state index in [4.69, 9.17) is 0 Å². The highest BCUT2D eigenvalue weighted by Gasteiger charge is 2.03. The molecule has 4 heteroatoms. The van der Waals surface area contributed by atoms with Crippen molar-refractivity contribution in [3.63, 3.8) is 0 Å². The van der Waals surface area contributed by atoms with Crippen LogP contribution in [0.5, 0.6) is 0 Å². The van der Waals surface area contributed by atoms with Crippen LogP contribution < -0.4 is 0 Å². The molecule has 0 aliphatic carbocycles. The van der Waals surface area contributed by atoms with Gasteiger partial charge in [-0.15, -0.1) is 32.9 Å². The number of hydrogen-bond donors (Lipinski definition) is 0. The smallest absolute Gasteiger partial charge is 0.138 e. The summed E-state index contributed by atoms with van der Waals surface area (Å²) in [6, 6.07) is 4.29. The van der Waals surface area contributed by atoms with Gasteiger partial charge in [0, 0.05) is 9.75 Å². The quantitative estimate of drug-likeness (QED) is 0.632. The van der Waals surface area contributed by atoms with Gasteiger partial charge in [0.05, 0.1) is 0 Å². The molecule has 0 atom stereocenters. The van der Waals surface area contributed by atoms with E-state index in [1.165, 1.54) is 20.9 Å². The lowest BCUT2D eigenvalue weighted by Crippen LogP contribution is -1.62. The van der Waals surface area contributed by atoms with Crippen LogP contribution in [0.3, 0.4) is 0 Å². The number of hydrogen-bond acceptors (Lipinski definition) is 4. The Hall–Kier alpha value is -1.000. The highest BCUT2D eigenvalue weighted by molar-refractivity contribution is 7.16. The van der Waals surface area contributed by atoms with Crippen LogP contribution in [0.1, 0.15) is 20.9 Å². The van der Waals surface area contributed by atoms with E-state index in [-0.39, 0.29) is 0 Å². The summed E-state index contributed by atoms with van der Waals surface area (Å²) in [6.45, 7) is 8.34. The third kappa shape index (κ3) is 2.39. The lowest BCUT2D eigenvalue weighted by molar-refractivity contribution is 1.24. The van der Waals surface area contributed by atoms with Gasteiger partial charge in [-0.05, 0) is 51.0 Å². The molecule has 0 saturated heterocycles. The van der Waals surface area contributed by atoms with Crippen molar-refractivity contribution in [1.29, 1.82) is 0 Å². The Morgan fingerprint density at radius 3 is 1.38 bits per heavy atom. The lowest BCUT2D eigenvalue weighted by atomic mass is 10.3. The van der Waals surface area contributed by atoms with Gasteiger partial charge in [-0.2, -0.15) is 0 Å². The van der Waals surface area contributed by atoms with E-state index in [0.717, 1.165) is 10.0 Å². The number of aryl methyl sites for hydroxylation is 4. The third-order valence-electron chi connectivity index (χ3n) is 2.26. The van der Waals surface area contributed by atoms with E-state index in [2.05, 4.69) is 50.1 Å². The fourth-order valence-electron chi connectivity index (χ4n) is 1.55. The van der Waals surface area contributed by atoms with Gasteiger partial charge in [-0.1, -0.05) is 0 Å².